The molecule has 0 aliphatic rings. The van der Waals surface area contributed by atoms with Gasteiger partial charge in [0.05, 0.1) is 11.4 Å². The zero-order valence-electron chi connectivity index (χ0n) is 12.8. The Morgan fingerprint density at radius 1 is 0.957 bits per heavy atom. The van der Waals surface area contributed by atoms with E-state index in [9.17, 15) is 0 Å². The Labute approximate surface area is 134 Å². The van der Waals surface area contributed by atoms with Crippen LogP contribution in [0.25, 0.3) is 27.8 Å². The van der Waals surface area contributed by atoms with Crippen LogP contribution in [-0.2, 0) is 0 Å². The summed E-state index contributed by atoms with van der Waals surface area (Å²) in [6, 6.07) is 20.0. The zero-order chi connectivity index (χ0) is 15.8. The lowest BCUT2D eigenvalue weighted by molar-refractivity contribution is 0.878. The predicted molar refractivity (Wildman–Crippen MR) is 93.5 cm³/mol. The lowest BCUT2D eigenvalue weighted by Crippen LogP contribution is -1.97. The van der Waals surface area contributed by atoms with Crippen LogP contribution < -0.4 is 5.73 Å². The van der Waals surface area contributed by atoms with E-state index in [1.807, 2.05) is 72.4 Å². The van der Waals surface area contributed by atoms with Gasteiger partial charge in [0.1, 0.15) is 0 Å². The molecule has 0 aliphatic carbocycles. The van der Waals surface area contributed by atoms with E-state index in [0.717, 1.165) is 39.2 Å². The summed E-state index contributed by atoms with van der Waals surface area (Å²) in [6.45, 7) is 2.00. The van der Waals surface area contributed by atoms with Gasteiger partial charge in [0.15, 0.2) is 5.65 Å². The van der Waals surface area contributed by atoms with Gasteiger partial charge in [-0.3, -0.25) is 0 Å². The molecule has 0 amide bonds. The molecule has 2 N–H and O–H groups in total. The Hall–Kier alpha value is -3.14. The van der Waals surface area contributed by atoms with Crippen LogP contribution in [0.5, 0.6) is 0 Å². The zero-order valence-corrected chi connectivity index (χ0v) is 12.8. The first kappa shape index (κ1) is 13.5. The quantitative estimate of drug-likeness (QED) is 0.570. The molecule has 0 fully saturated rings. The molecule has 0 saturated heterocycles. The third-order valence-corrected chi connectivity index (χ3v) is 3.98. The molecule has 23 heavy (non-hydrogen) atoms. The largest absolute Gasteiger partial charge is 0.398 e. The Morgan fingerprint density at radius 2 is 1.70 bits per heavy atom. The van der Waals surface area contributed by atoms with Crippen molar-refractivity contribution in [3.8, 4) is 16.8 Å². The topological polar surface area (TPSA) is 56.7 Å². The molecule has 4 heteroatoms. The maximum absolute atomic E-state index is 6.08. The minimum absolute atomic E-state index is 0.752. The van der Waals surface area contributed by atoms with Crippen molar-refractivity contribution in [1.29, 1.82) is 0 Å². The molecule has 4 rings (SSSR count). The Bertz CT molecular complexity index is 987. The molecule has 112 valence electrons. The van der Waals surface area contributed by atoms with Crippen LogP contribution in [0.4, 0.5) is 5.69 Å². The number of pyridine rings is 1. The van der Waals surface area contributed by atoms with Crippen LogP contribution in [0, 0.1) is 6.92 Å². The van der Waals surface area contributed by atoms with E-state index >= 15 is 0 Å². The summed E-state index contributed by atoms with van der Waals surface area (Å²) >= 11 is 0. The smallest absolute Gasteiger partial charge is 0.163 e. The molecular formula is C19H16N4. The standard InChI is InChI=1S/C19H16N4/c1-13-17-11-14(16-9-5-6-10-18(16)20)12-21-19(17)23(22-13)15-7-3-2-4-8-15/h2-12H,20H2,1H3. The highest BCUT2D eigenvalue weighted by atomic mass is 15.3. The van der Waals surface area contributed by atoms with Crippen molar-refractivity contribution in [3.05, 3.63) is 72.6 Å². The van der Waals surface area contributed by atoms with Gasteiger partial charge in [-0.05, 0) is 31.2 Å². The molecule has 4 aromatic rings. The number of rotatable bonds is 2. The number of aryl methyl sites for hydroxylation is 1. The summed E-state index contributed by atoms with van der Waals surface area (Å²) in [5, 5.41) is 5.68. The third-order valence-electron chi connectivity index (χ3n) is 3.98. The van der Waals surface area contributed by atoms with Crippen LogP contribution in [0.1, 0.15) is 5.69 Å². The summed E-state index contributed by atoms with van der Waals surface area (Å²) in [7, 11) is 0. The number of hydrogen-bond donors (Lipinski definition) is 1. The molecule has 2 aromatic carbocycles. The molecule has 2 heterocycles. The molecular weight excluding hydrogens is 284 g/mol. The number of hydrogen-bond acceptors (Lipinski definition) is 3. The predicted octanol–water partition coefficient (Wildman–Crippen LogP) is 3.98. The number of benzene rings is 2. The Morgan fingerprint density at radius 3 is 2.48 bits per heavy atom. The lowest BCUT2D eigenvalue weighted by Gasteiger charge is -2.06. The van der Waals surface area contributed by atoms with Gasteiger partial charge in [-0.25, -0.2) is 9.67 Å². The summed E-state index contributed by atoms with van der Waals surface area (Å²) in [6.07, 6.45) is 1.86. The molecule has 0 radical (unpaired) electrons. The average molecular weight is 300 g/mol. The number of anilines is 1. The van der Waals surface area contributed by atoms with Crippen molar-refractivity contribution in [1.82, 2.24) is 14.8 Å². The van der Waals surface area contributed by atoms with Crippen molar-refractivity contribution in [2.75, 3.05) is 5.73 Å². The minimum atomic E-state index is 0.752. The Kier molecular flexibility index (Phi) is 3.08. The van der Waals surface area contributed by atoms with E-state index in [-0.39, 0.29) is 0 Å². The SMILES string of the molecule is Cc1nn(-c2ccccc2)c2ncc(-c3ccccc3N)cc12. The third kappa shape index (κ3) is 2.25. The second-order valence-corrected chi connectivity index (χ2v) is 5.52. The first-order chi connectivity index (χ1) is 11.2. The van der Waals surface area contributed by atoms with Crippen LogP contribution >= 0.6 is 0 Å². The van der Waals surface area contributed by atoms with E-state index in [1.54, 1.807) is 0 Å². The molecule has 0 atom stereocenters. The molecule has 4 nitrogen and oxygen atoms in total. The van der Waals surface area contributed by atoms with Crippen molar-refractivity contribution < 1.29 is 0 Å². The van der Waals surface area contributed by atoms with Gasteiger partial charge in [-0.2, -0.15) is 5.10 Å². The van der Waals surface area contributed by atoms with Crippen molar-refractivity contribution in [3.63, 3.8) is 0 Å². The molecule has 0 saturated carbocycles. The highest BCUT2D eigenvalue weighted by Crippen LogP contribution is 2.29. The number of para-hydroxylation sites is 2. The molecule has 0 spiro atoms. The summed E-state index contributed by atoms with van der Waals surface area (Å²) in [5.41, 5.74) is 11.6. The van der Waals surface area contributed by atoms with E-state index < -0.39 is 0 Å². The van der Waals surface area contributed by atoms with Gasteiger partial charge in [-0.1, -0.05) is 36.4 Å². The van der Waals surface area contributed by atoms with E-state index in [1.165, 1.54) is 0 Å². The maximum atomic E-state index is 6.08. The number of nitrogens with two attached hydrogens (primary N) is 1. The Balaban J connectivity index is 1.92. The summed E-state index contributed by atoms with van der Waals surface area (Å²) in [4.78, 5) is 4.64. The summed E-state index contributed by atoms with van der Waals surface area (Å²) in [5.74, 6) is 0. The summed E-state index contributed by atoms with van der Waals surface area (Å²) < 4.78 is 1.88. The number of aromatic nitrogens is 3. The lowest BCUT2D eigenvalue weighted by atomic mass is 10.0. The number of nitrogens with zero attached hydrogens (tertiary/aromatic N) is 3. The van der Waals surface area contributed by atoms with Gasteiger partial charge < -0.3 is 5.73 Å². The highest BCUT2D eigenvalue weighted by molar-refractivity contribution is 5.87. The van der Waals surface area contributed by atoms with Gasteiger partial charge in [-0.15, -0.1) is 0 Å². The van der Waals surface area contributed by atoms with E-state index in [4.69, 9.17) is 5.73 Å². The van der Waals surface area contributed by atoms with Crippen LogP contribution in [0.2, 0.25) is 0 Å². The number of nitrogen functional groups attached to an aromatic ring is 1. The van der Waals surface area contributed by atoms with Crippen molar-refractivity contribution in [2.45, 2.75) is 6.92 Å². The first-order valence-electron chi connectivity index (χ1n) is 7.50. The van der Waals surface area contributed by atoms with Crippen LogP contribution in [0.3, 0.4) is 0 Å². The highest BCUT2D eigenvalue weighted by Gasteiger charge is 2.12. The second kappa shape index (κ2) is 5.25. The molecule has 0 unspecified atom stereocenters. The maximum Gasteiger partial charge on any atom is 0.163 e. The van der Waals surface area contributed by atoms with E-state index in [0.29, 0.717) is 0 Å². The fraction of sp³-hybridized carbons (Fsp3) is 0.0526. The minimum Gasteiger partial charge on any atom is -0.398 e. The van der Waals surface area contributed by atoms with Gasteiger partial charge in [0.2, 0.25) is 0 Å². The van der Waals surface area contributed by atoms with Gasteiger partial charge >= 0.3 is 0 Å². The molecule has 0 bridgehead atoms. The van der Waals surface area contributed by atoms with Crippen LogP contribution in [0.15, 0.2) is 66.9 Å². The van der Waals surface area contributed by atoms with Crippen molar-refractivity contribution in [2.24, 2.45) is 0 Å². The van der Waals surface area contributed by atoms with Crippen LogP contribution in [-0.4, -0.2) is 14.8 Å². The van der Waals surface area contributed by atoms with Crippen molar-refractivity contribution >= 4 is 16.7 Å². The normalized spacial score (nSPS) is 11.0. The molecule has 0 aliphatic heterocycles. The van der Waals surface area contributed by atoms with Gasteiger partial charge in [0, 0.05) is 28.4 Å². The first-order valence-corrected chi connectivity index (χ1v) is 7.50. The number of fused-ring (bicyclic) bond motifs is 1. The fourth-order valence-electron chi connectivity index (χ4n) is 2.80. The fourth-order valence-corrected chi connectivity index (χ4v) is 2.80. The monoisotopic (exact) mass is 300 g/mol. The van der Waals surface area contributed by atoms with Gasteiger partial charge in [0.25, 0.3) is 0 Å². The molecule has 2 aromatic heterocycles. The van der Waals surface area contributed by atoms with E-state index in [2.05, 4.69) is 16.1 Å². The second-order valence-electron chi connectivity index (χ2n) is 5.52. The average Bonchev–Trinajstić information content (AvgIpc) is 2.93.